The van der Waals surface area contributed by atoms with Gasteiger partial charge in [0, 0.05) is 17.2 Å². The first-order valence-corrected chi connectivity index (χ1v) is 10.3. The van der Waals surface area contributed by atoms with E-state index in [9.17, 15) is 19.5 Å². The molecule has 152 valence electrons. The van der Waals surface area contributed by atoms with Gasteiger partial charge in [-0.05, 0) is 18.6 Å². The highest BCUT2D eigenvalue weighted by Gasteiger charge is 2.51. The van der Waals surface area contributed by atoms with Gasteiger partial charge in [-0.1, -0.05) is 0 Å². The summed E-state index contributed by atoms with van der Waals surface area (Å²) in [6.45, 7) is 1.74. The van der Waals surface area contributed by atoms with Gasteiger partial charge in [-0.25, -0.2) is 15.3 Å². The van der Waals surface area contributed by atoms with E-state index in [0.717, 1.165) is 0 Å². The van der Waals surface area contributed by atoms with E-state index in [1.54, 1.807) is 13.0 Å². The average molecular weight is 437 g/mol. The second-order valence-electron chi connectivity index (χ2n) is 6.31. The Balaban J connectivity index is 1.65. The molecular formula is C15H15N7O5S2. The Kier molecular flexibility index (Phi) is 4.94. The Hall–Kier alpha value is -2.68. The van der Waals surface area contributed by atoms with Gasteiger partial charge in [-0.2, -0.15) is 9.50 Å². The summed E-state index contributed by atoms with van der Waals surface area (Å²) in [5.74, 6) is -1.83. The molecule has 0 unspecified atom stereocenters. The molecule has 2 amide bonds. The van der Waals surface area contributed by atoms with Gasteiger partial charge in [0.05, 0.1) is 0 Å². The fourth-order valence-electron chi connectivity index (χ4n) is 3.06. The average Bonchev–Trinajstić information content (AvgIpc) is 3.13. The number of nitrogens with zero attached hydrogens (tertiary/aromatic N) is 5. The third-order valence-electron chi connectivity index (χ3n) is 4.40. The topological polar surface area (TPSA) is 176 Å². The number of hydroxylamine groups is 1. The molecule has 14 heteroatoms. The number of nitrogens with two attached hydrogens (primary N) is 1. The van der Waals surface area contributed by atoms with E-state index < -0.39 is 23.8 Å². The summed E-state index contributed by atoms with van der Waals surface area (Å²) < 4.78 is 1.34. The van der Waals surface area contributed by atoms with Crippen LogP contribution in [0.3, 0.4) is 0 Å². The number of carbonyl (C=O) groups is 3. The van der Waals surface area contributed by atoms with Crippen molar-refractivity contribution < 1.29 is 24.7 Å². The maximum Gasteiger partial charge on any atom is 0.352 e. The van der Waals surface area contributed by atoms with Crippen molar-refractivity contribution in [2.75, 3.05) is 11.5 Å². The van der Waals surface area contributed by atoms with Crippen LogP contribution in [0.1, 0.15) is 16.3 Å². The van der Waals surface area contributed by atoms with Crippen LogP contribution in [0.25, 0.3) is 5.78 Å². The van der Waals surface area contributed by atoms with Crippen LogP contribution in [-0.2, 0) is 9.59 Å². The van der Waals surface area contributed by atoms with E-state index in [2.05, 4.69) is 15.1 Å². The fraction of sp³-hybridized carbons (Fsp3) is 0.333. The van der Waals surface area contributed by atoms with Gasteiger partial charge in [0.15, 0.2) is 0 Å². The van der Waals surface area contributed by atoms with Crippen molar-refractivity contribution in [3.63, 3.8) is 0 Å². The summed E-state index contributed by atoms with van der Waals surface area (Å²) in [7, 11) is 0. The van der Waals surface area contributed by atoms with Crippen LogP contribution in [0.5, 0.6) is 0 Å². The Labute approximate surface area is 171 Å². The molecule has 4 heterocycles. The zero-order valence-corrected chi connectivity index (χ0v) is 16.5. The number of β-lactam (4-membered cyclic amide) rings is 1. The Morgan fingerprint density at radius 2 is 2.21 bits per heavy atom. The number of hydrogen-bond acceptors (Lipinski definition) is 10. The van der Waals surface area contributed by atoms with Crippen LogP contribution in [0.4, 0.5) is 0 Å². The quantitative estimate of drug-likeness (QED) is 0.152. The summed E-state index contributed by atoms with van der Waals surface area (Å²) in [6.07, 6.45) is 0. The number of carbonyl (C=O) groups excluding carboxylic acids is 2. The minimum atomic E-state index is -1.18. The highest BCUT2D eigenvalue weighted by molar-refractivity contribution is 8.01. The molecule has 2 aliphatic heterocycles. The molecule has 2 aromatic heterocycles. The van der Waals surface area contributed by atoms with Gasteiger partial charge in [-0.3, -0.25) is 19.7 Å². The van der Waals surface area contributed by atoms with Gasteiger partial charge >= 0.3 is 11.9 Å². The first-order valence-electron chi connectivity index (χ1n) is 8.29. The lowest BCUT2D eigenvalue weighted by molar-refractivity contribution is -0.147. The number of fused-ring (bicyclic) bond motifs is 2. The summed E-state index contributed by atoms with van der Waals surface area (Å²) >= 11 is 2.70. The van der Waals surface area contributed by atoms with E-state index in [-0.39, 0.29) is 28.4 Å². The lowest BCUT2D eigenvalue weighted by Gasteiger charge is -2.48. The maximum atomic E-state index is 12.0. The molecule has 0 aromatic carbocycles. The van der Waals surface area contributed by atoms with Gasteiger partial charge in [0.1, 0.15) is 22.1 Å². The molecule has 1 fully saturated rings. The predicted molar refractivity (Wildman–Crippen MR) is 101 cm³/mol. The second-order valence-corrected chi connectivity index (χ2v) is 8.41. The van der Waals surface area contributed by atoms with Crippen molar-refractivity contribution in [1.29, 1.82) is 0 Å². The molecule has 0 saturated carbocycles. The van der Waals surface area contributed by atoms with Crippen molar-refractivity contribution in [1.82, 2.24) is 30.0 Å². The summed E-state index contributed by atoms with van der Waals surface area (Å²) in [5, 5.41) is 22.6. The number of nitrogens with one attached hydrogen (secondary N) is 1. The maximum absolute atomic E-state index is 12.0. The number of aromatic nitrogens is 4. The summed E-state index contributed by atoms with van der Waals surface area (Å²) in [4.78, 5) is 44.8. The number of amides is 2. The molecule has 2 aromatic rings. The lowest BCUT2D eigenvalue weighted by atomic mass is 10.0. The van der Waals surface area contributed by atoms with Crippen LogP contribution in [0.15, 0.2) is 22.4 Å². The highest BCUT2D eigenvalue weighted by atomic mass is 32.2. The number of aryl methyl sites for hydroxylation is 1. The second kappa shape index (κ2) is 7.29. The zero-order valence-electron chi connectivity index (χ0n) is 14.9. The molecular weight excluding hydrogens is 422 g/mol. The molecule has 2 atom stereocenters. The highest BCUT2D eigenvalue weighted by Crippen LogP contribution is 2.40. The minimum Gasteiger partial charge on any atom is -0.477 e. The monoisotopic (exact) mass is 437 g/mol. The number of rotatable bonds is 5. The minimum absolute atomic E-state index is 0.0334. The Morgan fingerprint density at radius 3 is 2.90 bits per heavy atom. The van der Waals surface area contributed by atoms with Crippen LogP contribution in [0, 0.1) is 6.92 Å². The van der Waals surface area contributed by atoms with Crippen molar-refractivity contribution >= 4 is 47.1 Å². The largest absolute Gasteiger partial charge is 0.477 e. The van der Waals surface area contributed by atoms with E-state index in [1.165, 1.54) is 38.4 Å². The first kappa shape index (κ1) is 19.6. The molecule has 0 spiro atoms. The number of thioether (sulfide) groups is 2. The van der Waals surface area contributed by atoms with Crippen molar-refractivity contribution in [3.05, 3.63) is 28.9 Å². The van der Waals surface area contributed by atoms with Crippen molar-refractivity contribution in [2.24, 2.45) is 5.73 Å². The van der Waals surface area contributed by atoms with Gasteiger partial charge in [0.2, 0.25) is 11.7 Å². The van der Waals surface area contributed by atoms with Crippen molar-refractivity contribution in [2.45, 2.75) is 23.4 Å². The summed E-state index contributed by atoms with van der Waals surface area (Å²) in [5.41, 5.74) is 8.40. The third-order valence-corrected chi connectivity index (χ3v) is 6.84. The molecule has 0 aliphatic carbocycles. The number of aliphatic carboxylic acids is 1. The van der Waals surface area contributed by atoms with E-state index in [1.807, 2.05) is 0 Å². The Bertz CT molecular complexity index is 1080. The number of hydrogen-bond donors (Lipinski definition) is 4. The van der Waals surface area contributed by atoms with E-state index in [0.29, 0.717) is 22.0 Å². The van der Waals surface area contributed by atoms with Gasteiger partial charge in [0.25, 0.3) is 5.78 Å². The van der Waals surface area contributed by atoms with Gasteiger partial charge < -0.3 is 10.8 Å². The molecule has 1 saturated heterocycles. The Morgan fingerprint density at radius 1 is 1.45 bits per heavy atom. The van der Waals surface area contributed by atoms with E-state index in [4.69, 9.17) is 10.9 Å². The number of carboxylic acids is 1. The molecule has 4 rings (SSSR count). The predicted octanol–water partition coefficient (Wildman–Crippen LogP) is -0.775. The summed E-state index contributed by atoms with van der Waals surface area (Å²) in [6, 6.07) is 1.04. The molecule has 29 heavy (non-hydrogen) atoms. The molecule has 0 bridgehead atoms. The fourth-order valence-corrected chi connectivity index (χ4v) is 5.54. The molecule has 2 aliphatic rings. The number of carboxylic acid groups (broad SMARTS) is 1. The van der Waals surface area contributed by atoms with E-state index >= 15 is 0 Å². The smallest absolute Gasteiger partial charge is 0.352 e. The van der Waals surface area contributed by atoms with Crippen LogP contribution in [0.2, 0.25) is 0 Å². The van der Waals surface area contributed by atoms with Gasteiger partial charge in [-0.15, -0.1) is 28.6 Å². The van der Waals surface area contributed by atoms with Crippen LogP contribution < -0.4 is 11.2 Å². The lowest BCUT2D eigenvalue weighted by Crippen LogP contribution is -2.68. The first-order chi connectivity index (χ1) is 13.8. The zero-order chi connectivity index (χ0) is 20.9. The third kappa shape index (κ3) is 3.23. The van der Waals surface area contributed by atoms with Crippen molar-refractivity contribution in [3.8, 4) is 0 Å². The normalized spacial score (nSPS) is 21.2. The molecule has 5 N–H and O–H groups in total. The SMILES string of the molecule is Cc1cc(SCC2=C(C(=O)O)N3C(=O)[C@@H](N)[C@H]3SC2)n2nc(C(=O)NO)nc2n1. The standard InChI is InChI=1S/C15H15N7O5S2/c1-5-2-7(22-15(17-5)18-10(19-22)11(23)20-27)28-3-6-4-29-13-8(16)12(24)21(13)9(6)14(25)26/h2,8,13,27H,3-4,16H2,1H3,(H,20,23)(H,25,26)/t8-,13-/m1/s1. The molecule has 12 nitrogen and oxygen atoms in total. The van der Waals surface area contributed by atoms with Crippen LogP contribution >= 0.6 is 23.5 Å². The molecule has 0 radical (unpaired) electrons. The van der Waals surface area contributed by atoms with Crippen LogP contribution in [-0.4, -0.2) is 75.5 Å².